The van der Waals surface area contributed by atoms with Crippen LogP contribution in [0.3, 0.4) is 0 Å². The Kier molecular flexibility index (Phi) is 8.53. The zero-order valence-corrected chi connectivity index (χ0v) is 20.2. The van der Waals surface area contributed by atoms with Gasteiger partial charge in [-0.2, -0.15) is 0 Å². The van der Waals surface area contributed by atoms with Crippen molar-refractivity contribution >= 4 is 22.4 Å². The van der Waals surface area contributed by atoms with Gasteiger partial charge < -0.3 is 14.7 Å². The summed E-state index contributed by atoms with van der Waals surface area (Å²) in [6.07, 6.45) is 0.339. The van der Waals surface area contributed by atoms with Gasteiger partial charge in [0.2, 0.25) is 10.0 Å². The Morgan fingerprint density at radius 2 is 1.87 bits per heavy atom. The fraction of sp³-hybridized carbons (Fsp3) is 0.478. The molecular formula is C23H33ClN2O4S. The number of aryl methyl sites for hydroxylation is 1. The van der Waals surface area contributed by atoms with Gasteiger partial charge in [0.1, 0.15) is 5.75 Å². The van der Waals surface area contributed by atoms with Crippen LogP contribution in [-0.2, 0) is 21.4 Å². The molecule has 2 aromatic rings. The molecule has 6 nitrogen and oxygen atoms in total. The first-order valence-electron chi connectivity index (χ1n) is 10.2. The second kappa shape index (κ2) is 10.3. The van der Waals surface area contributed by atoms with E-state index in [0.29, 0.717) is 18.7 Å². The highest BCUT2D eigenvalue weighted by Crippen LogP contribution is 2.40. The highest BCUT2D eigenvalue weighted by atomic mass is 35.5. The minimum absolute atomic E-state index is 0. The number of piperidine rings is 1. The van der Waals surface area contributed by atoms with Gasteiger partial charge in [0.15, 0.2) is 0 Å². The van der Waals surface area contributed by atoms with Crippen LogP contribution in [0.25, 0.3) is 0 Å². The van der Waals surface area contributed by atoms with Gasteiger partial charge in [0.25, 0.3) is 0 Å². The lowest BCUT2D eigenvalue weighted by atomic mass is 9.76. The van der Waals surface area contributed by atoms with E-state index in [1.807, 2.05) is 74.4 Å². The van der Waals surface area contributed by atoms with Gasteiger partial charge in [-0.3, -0.25) is 0 Å². The Morgan fingerprint density at radius 1 is 1.19 bits per heavy atom. The number of nitrogens with zero attached hydrogens (tertiary/aromatic N) is 2. The molecule has 1 fully saturated rings. The summed E-state index contributed by atoms with van der Waals surface area (Å²) in [5.74, 6) is 0.389. The van der Waals surface area contributed by atoms with Gasteiger partial charge in [0.05, 0.1) is 18.5 Å². The summed E-state index contributed by atoms with van der Waals surface area (Å²) in [6, 6.07) is 15.0. The Labute approximate surface area is 192 Å². The summed E-state index contributed by atoms with van der Waals surface area (Å²) in [5.41, 5.74) is 1.53. The number of rotatable bonds is 7. The third-order valence-corrected chi connectivity index (χ3v) is 7.68. The van der Waals surface area contributed by atoms with E-state index in [2.05, 4.69) is 0 Å². The maximum absolute atomic E-state index is 13.1. The molecule has 0 radical (unpaired) electrons. The molecule has 1 heterocycles. The molecule has 1 aliphatic rings. The summed E-state index contributed by atoms with van der Waals surface area (Å²) in [7, 11) is 1.99. The SMILES string of the molecule is COc1cccc(C2(O)CCN(S(=O)(=O)Cc3ccc(C)cc3)CC2CN(C)C)c1.Cl. The smallest absolute Gasteiger partial charge is 0.218 e. The predicted molar refractivity (Wildman–Crippen MR) is 126 cm³/mol. The minimum atomic E-state index is -3.48. The average Bonchev–Trinajstić information content (AvgIpc) is 2.71. The molecule has 0 spiro atoms. The number of halogens is 1. The van der Waals surface area contributed by atoms with Crippen molar-refractivity contribution in [1.82, 2.24) is 9.21 Å². The average molecular weight is 469 g/mol. The molecule has 3 rings (SSSR count). The summed E-state index contributed by atoms with van der Waals surface area (Å²) in [6.45, 7) is 3.12. The fourth-order valence-corrected chi connectivity index (χ4v) is 5.72. The fourth-order valence-electron chi connectivity index (χ4n) is 4.15. The Morgan fingerprint density at radius 3 is 2.48 bits per heavy atom. The maximum Gasteiger partial charge on any atom is 0.218 e. The van der Waals surface area contributed by atoms with Crippen LogP contribution >= 0.6 is 12.4 Å². The molecule has 0 aromatic heterocycles. The molecule has 31 heavy (non-hydrogen) atoms. The summed E-state index contributed by atoms with van der Waals surface area (Å²) in [5, 5.41) is 11.7. The van der Waals surface area contributed by atoms with Crippen LogP contribution in [0.5, 0.6) is 5.75 Å². The molecular weight excluding hydrogens is 436 g/mol. The maximum atomic E-state index is 13.1. The van der Waals surface area contributed by atoms with E-state index in [1.54, 1.807) is 7.11 Å². The monoisotopic (exact) mass is 468 g/mol. The van der Waals surface area contributed by atoms with Crippen molar-refractivity contribution in [3.05, 3.63) is 65.2 Å². The quantitative estimate of drug-likeness (QED) is 0.676. The molecule has 2 atom stereocenters. The topological polar surface area (TPSA) is 70.1 Å². The lowest BCUT2D eigenvalue weighted by molar-refractivity contribution is -0.0698. The number of benzene rings is 2. The van der Waals surface area contributed by atoms with Gasteiger partial charge >= 0.3 is 0 Å². The first kappa shape index (κ1) is 25.6. The molecule has 1 aliphatic heterocycles. The molecule has 0 amide bonds. The van der Waals surface area contributed by atoms with Gasteiger partial charge in [-0.15, -0.1) is 12.4 Å². The lowest BCUT2D eigenvalue weighted by Gasteiger charge is -2.45. The Balaban J connectivity index is 0.00000341. The molecule has 1 saturated heterocycles. The third-order valence-electron chi connectivity index (χ3n) is 5.86. The van der Waals surface area contributed by atoms with Crippen molar-refractivity contribution in [2.24, 2.45) is 5.92 Å². The van der Waals surface area contributed by atoms with E-state index >= 15 is 0 Å². The molecule has 172 valence electrons. The zero-order chi connectivity index (χ0) is 21.9. The molecule has 0 saturated carbocycles. The first-order chi connectivity index (χ1) is 14.1. The van der Waals surface area contributed by atoms with E-state index in [1.165, 1.54) is 4.31 Å². The molecule has 1 N–H and O–H groups in total. The molecule has 2 unspecified atom stereocenters. The van der Waals surface area contributed by atoms with Gasteiger partial charge in [-0.25, -0.2) is 12.7 Å². The summed E-state index contributed by atoms with van der Waals surface area (Å²) < 4.78 is 33.1. The highest BCUT2D eigenvalue weighted by molar-refractivity contribution is 7.88. The first-order valence-corrected chi connectivity index (χ1v) is 11.8. The number of hydrogen-bond acceptors (Lipinski definition) is 5. The van der Waals surface area contributed by atoms with E-state index in [-0.39, 0.29) is 37.2 Å². The van der Waals surface area contributed by atoms with Crippen molar-refractivity contribution in [1.29, 1.82) is 0 Å². The molecule has 0 aliphatic carbocycles. The van der Waals surface area contributed by atoms with Gasteiger partial charge in [-0.1, -0.05) is 42.0 Å². The van der Waals surface area contributed by atoms with E-state index in [0.717, 1.165) is 16.7 Å². The van der Waals surface area contributed by atoms with Crippen LogP contribution in [0.4, 0.5) is 0 Å². The summed E-state index contributed by atoms with van der Waals surface area (Å²) in [4.78, 5) is 1.99. The second-order valence-corrected chi connectivity index (χ2v) is 10.4. The lowest BCUT2D eigenvalue weighted by Crippen LogP contribution is -2.54. The standard InChI is InChI=1S/C23H32N2O4S.ClH/c1-18-8-10-19(11-9-18)17-30(27,28)25-13-12-23(26,21(16-25)15-24(2)3)20-6-5-7-22(14-20)29-4;/h5-11,14,21,26H,12-13,15-17H2,1-4H3;1H. The number of sulfonamides is 1. The number of methoxy groups -OCH3 is 1. The van der Waals surface area contributed by atoms with Crippen molar-refractivity contribution in [2.45, 2.75) is 24.7 Å². The normalized spacial score (nSPS) is 22.2. The number of aliphatic hydroxyl groups is 1. The van der Waals surface area contributed by atoms with E-state index in [4.69, 9.17) is 4.74 Å². The molecule has 8 heteroatoms. The predicted octanol–water partition coefficient (Wildman–Crippen LogP) is 3.03. The van der Waals surface area contributed by atoms with E-state index in [9.17, 15) is 13.5 Å². The van der Waals surface area contributed by atoms with E-state index < -0.39 is 15.6 Å². The summed E-state index contributed by atoms with van der Waals surface area (Å²) >= 11 is 0. The zero-order valence-electron chi connectivity index (χ0n) is 18.6. The van der Waals surface area contributed by atoms with Crippen LogP contribution in [0.15, 0.2) is 48.5 Å². The third kappa shape index (κ3) is 5.99. The van der Waals surface area contributed by atoms with Crippen molar-refractivity contribution in [2.75, 3.05) is 40.8 Å². The Hall–Kier alpha value is -1.64. The van der Waals surface area contributed by atoms with Gasteiger partial charge in [-0.05, 0) is 50.7 Å². The Bertz CT molecular complexity index is 966. The number of ether oxygens (including phenoxy) is 1. The highest BCUT2D eigenvalue weighted by Gasteiger charge is 2.45. The number of hydrogen-bond donors (Lipinski definition) is 1. The van der Waals surface area contributed by atoms with Crippen LogP contribution in [0, 0.1) is 12.8 Å². The van der Waals surface area contributed by atoms with Crippen molar-refractivity contribution in [3.63, 3.8) is 0 Å². The van der Waals surface area contributed by atoms with Gasteiger partial charge in [0, 0.05) is 25.6 Å². The van der Waals surface area contributed by atoms with Crippen molar-refractivity contribution < 1.29 is 18.3 Å². The second-order valence-electron chi connectivity index (χ2n) is 8.47. The van der Waals surface area contributed by atoms with Crippen LogP contribution < -0.4 is 4.74 Å². The van der Waals surface area contributed by atoms with Crippen LogP contribution in [0.1, 0.15) is 23.1 Å². The largest absolute Gasteiger partial charge is 0.497 e. The van der Waals surface area contributed by atoms with Crippen molar-refractivity contribution in [3.8, 4) is 5.75 Å². The molecule has 2 aromatic carbocycles. The minimum Gasteiger partial charge on any atom is -0.497 e. The van der Waals surface area contributed by atoms with Crippen LogP contribution in [0.2, 0.25) is 0 Å². The van der Waals surface area contributed by atoms with Crippen LogP contribution in [-0.4, -0.2) is 63.6 Å². The molecule has 0 bridgehead atoms.